The van der Waals surface area contributed by atoms with E-state index in [-0.39, 0.29) is 34.7 Å². The third-order valence-electron chi connectivity index (χ3n) is 12.7. The maximum Gasteiger partial charge on any atom is 0.471 e. The van der Waals surface area contributed by atoms with Crippen molar-refractivity contribution in [1.29, 1.82) is 0 Å². The second-order valence-electron chi connectivity index (χ2n) is 21.7. The van der Waals surface area contributed by atoms with Gasteiger partial charge in [0.05, 0.1) is 53.8 Å². The van der Waals surface area contributed by atoms with Crippen molar-refractivity contribution in [2.75, 3.05) is 26.7 Å². The molecule has 9 N–H and O–H groups in total. The van der Waals surface area contributed by atoms with Crippen molar-refractivity contribution in [3.05, 3.63) is 91.7 Å². The number of alkyl carbamates (subject to hydrolysis) is 3. The Balaban J connectivity index is 1.59. The zero-order valence-electron chi connectivity index (χ0n) is 45.7. The highest BCUT2D eigenvalue weighted by atomic mass is 19.4. The molecule has 6 amide bonds. The van der Waals surface area contributed by atoms with Crippen LogP contribution in [0.2, 0.25) is 0 Å². The number of carbonyl (C=O) groups is 6. The quantitative estimate of drug-likeness (QED) is 0.0588. The summed E-state index contributed by atoms with van der Waals surface area (Å²) in [6.45, 7) is 7.18. The van der Waals surface area contributed by atoms with E-state index >= 15 is 0 Å². The highest BCUT2D eigenvalue weighted by Gasteiger charge is 2.57. The van der Waals surface area contributed by atoms with Gasteiger partial charge in [0.2, 0.25) is 0 Å². The summed E-state index contributed by atoms with van der Waals surface area (Å²) >= 11 is 0. The number of rotatable bonds is 18. The first kappa shape index (κ1) is 65.2. The van der Waals surface area contributed by atoms with Gasteiger partial charge in [-0.05, 0) is 103 Å². The molecule has 1 unspecified atom stereocenters. The van der Waals surface area contributed by atoms with Gasteiger partial charge in [0.15, 0.2) is 6.29 Å². The lowest BCUT2D eigenvalue weighted by Gasteiger charge is -2.52. The van der Waals surface area contributed by atoms with Crippen LogP contribution in [0.4, 0.5) is 43.7 Å². The summed E-state index contributed by atoms with van der Waals surface area (Å²) in [5.74, 6) is -5.71. The molecule has 29 nitrogen and oxygen atoms in total. The average molecular weight is 1170 g/mol. The second kappa shape index (κ2) is 27.0. The average Bonchev–Trinajstić information content (AvgIpc) is 3.34. The van der Waals surface area contributed by atoms with Crippen molar-refractivity contribution < 1.29 is 105 Å². The number of amides is 6. The monoisotopic (exact) mass is 1170 g/mol. The zero-order chi connectivity index (χ0) is 61.2. The SMILES string of the molecule is CN(C(=O)OC(C)(C)C)[C@@H]1[C@@H](O)[C@@H](O[C@H]2[C@H](NC(=O)[C@@H](O)CNC(=O)OC(C)(C)C)C[C@H](NC(=O)OCc3ccc([N+](=O)[O-])cc3)C([C@H]3OC(CNC(=O)C(F)(F)F)=CC[C@H]3NC(=O)OCc3ccc([N+](=O)[O-])cc3)[C@@H]2O)OC[C@]1(C)O. The van der Waals surface area contributed by atoms with E-state index in [9.17, 15) is 82.6 Å². The molecule has 1 saturated carbocycles. The Morgan fingerprint density at radius 1 is 0.780 bits per heavy atom. The molecule has 1 saturated heterocycles. The van der Waals surface area contributed by atoms with Crippen LogP contribution in [0.3, 0.4) is 0 Å². The number of aliphatic hydroxyl groups is 4. The van der Waals surface area contributed by atoms with Crippen molar-refractivity contribution in [1.82, 2.24) is 31.5 Å². The number of nitrogens with zero attached hydrogens (tertiary/aromatic N) is 3. The minimum Gasteiger partial charge on any atom is -0.491 e. The third kappa shape index (κ3) is 18.4. The minimum absolute atomic E-state index is 0.247. The molecule has 2 fully saturated rings. The summed E-state index contributed by atoms with van der Waals surface area (Å²) < 4.78 is 80.2. The van der Waals surface area contributed by atoms with Gasteiger partial charge in [-0.2, -0.15) is 13.2 Å². The Morgan fingerprint density at radius 3 is 1.80 bits per heavy atom. The van der Waals surface area contributed by atoms with Crippen LogP contribution in [0.25, 0.3) is 0 Å². The van der Waals surface area contributed by atoms with E-state index in [4.69, 9.17) is 33.2 Å². The number of likely N-dealkylation sites (N-methyl/N-ethyl adjacent to an activating group) is 1. The number of nitro benzene ring substituents is 2. The van der Waals surface area contributed by atoms with Crippen molar-refractivity contribution in [3.63, 3.8) is 0 Å². The van der Waals surface area contributed by atoms with Crippen molar-refractivity contribution >= 4 is 47.6 Å². The number of hydrogen-bond acceptors (Lipinski definition) is 21. The number of hydrogen-bond donors (Lipinski definition) is 9. The number of halogens is 3. The number of benzene rings is 2. The molecule has 32 heteroatoms. The lowest BCUT2D eigenvalue weighted by Crippen LogP contribution is -2.71. The topological polar surface area (TPSA) is 398 Å². The summed E-state index contributed by atoms with van der Waals surface area (Å²) in [6.07, 6.45) is -21.6. The summed E-state index contributed by atoms with van der Waals surface area (Å²) in [6, 6.07) is 3.50. The smallest absolute Gasteiger partial charge is 0.471 e. The molecule has 0 radical (unpaired) electrons. The molecule has 3 aliphatic rings. The van der Waals surface area contributed by atoms with Gasteiger partial charge in [-0.25, -0.2) is 19.2 Å². The highest BCUT2D eigenvalue weighted by molar-refractivity contribution is 5.82. The first-order valence-electron chi connectivity index (χ1n) is 25.3. The lowest BCUT2D eigenvalue weighted by molar-refractivity contribution is -0.385. The van der Waals surface area contributed by atoms with Crippen molar-refractivity contribution in [2.24, 2.45) is 5.92 Å². The molecule has 1 aliphatic carbocycles. The molecular weight excluding hydrogens is 1110 g/mol. The molecule has 5 rings (SSSR count). The fourth-order valence-corrected chi connectivity index (χ4v) is 9.02. The molecule has 82 heavy (non-hydrogen) atoms. The number of ether oxygens (including phenoxy) is 7. The van der Waals surface area contributed by atoms with Crippen molar-refractivity contribution in [3.8, 4) is 0 Å². The predicted molar refractivity (Wildman–Crippen MR) is 272 cm³/mol. The van der Waals surface area contributed by atoms with E-state index in [0.29, 0.717) is 0 Å². The van der Waals surface area contributed by atoms with Gasteiger partial charge < -0.3 is 85.1 Å². The number of alkyl halides is 3. The molecule has 0 bridgehead atoms. The van der Waals surface area contributed by atoms with Crippen LogP contribution >= 0.6 is 0 Å². The van der Waals surface area contributed by atoms with Gasteiger partial charge in [-0.3, -0.25) is 29.8 Å². The number of nitro groups is 2. The van der Waals surface area contributed by atoms with Crippen LogP contribution in [-0.4, -0.2) is 182 Å². The lowest BCUT2D eigenvalue weighted by atomic mass is 9.72. The van der Waals surface area contributed by atoms with Crippen LogP contribution in [0, 0.1) is 26.1 Å². The molecule has 2 aliphatic heterocycles. The van der Waals surface area contributed by atoms with Gasteiger partial charge >= 0.3 is 36.5 Å². The number of non-ortho nitro benzene ring substituents is 2. The van der Waals surface area contributed by atoms with E-state index in [0.717, 1.165) is 29.2 Å². The summed E-state index contributed by atoms with van der Waals surface area (Å²) in [7, 11) is 1.20. The van der Waals surface area contributed by atoms with Crippen molar-refractivity contribution in [2.45, 2.75) is 158 Å². The number of aliphatic hydroxyl groups excluding tert-OH is 3. The van der Waals surface area contributed by atoms with Crippen LogP contribution in [0.5, 0.6) is 0 Å². The highest BCUT2D eigenvalue weighted by Crippen LogP contribution is 2.39. The predicted octanol–water partition coefficient (Wildman–Crippen LogP) is 2.58. The van der Waals surface area contributed by atoms with Crippen LogP contribution < -0.4 is 26.6 Å². The van der Waals surface area contributed by atoms with Crippen LogP contribution in [0.1, 0.15) is 72.4 Å². The fourth-order valence-electron chi connectivity index (χ4n) is 9.02. The number of carbonyl (C=O) groups excluding carboxylic acids is 6. The molecular formula is C50H67F3N8O21. The summed E-state index contributed by atoms with van der Waals surface area (Å²) in [5, 5.41) is 81.4. The molecule has 454 valence electrons. The first-order valence-corrected chi connectivity index (χ1v) is 25.3. The largest absolute Gasteiger partial charge is 0.491 e. The van der Waals surface area contributed by atoms with Gasteiger partial charge in [0, 0.05) is 43.3 Å². The second-order valence-corrected chi connectivity index (χ2v) is 21.7. The minimum atomic E-state index is -5.36. The Hall–Kier alpha value is -7.65. The standard InChI is InChI=1S/C50H67F3N8O21/c1-47(2,3)81-43(67)55-21-33(62)40(65)56-32-19-31(58-45(69)77-23-26-11-15-28(16-12-26)61(74)75)34(35(63)38(32)80-41-36(64)39(49(7,71)24-78-41)59(8)46(70)82-48(4,5)6)37-30(18-17-29(79-37)20-54-42(66)50(51,52)53)57-44(68)76-22-25-9-13-27(14-10-25)60(72)73/h9-17,30-39,41,62-64,71H,18-24H2,1-8H3,(H,54,66)(H,55,67)(H,56,65)(H,57,68)(H,58,69)/t30-,31+,32-,33+,34?,35+,36-,37+,38+,39-,41-,49+/m1/s1. The van der Waals surface area contributed by atoms with Crippen LogP contribution in [0.15, 0.2) is 60.4 Å². The Kier molecular flexibility index (Phi) is 21.4. The van der Waals surface area contributed by atoms with E-state index in [1.54, 1.807) is 46.9 Å². The van der Waals surface area contributed by atoms with E-state index in [1.807, 2.05) is 0 Å². The summed E-state index contributed by atoms with van der Waals surface area (Å²) in [4.78, 5) is 101. The van der Waals surface area contributed by atoms with Gasteiger partial charge in [0.25, 0.3) is 17.3 Å². The molecule has 12 atom stereocenters. The van der Waals surface area contributed by atoms with Gasteiger partial charge in [0.1, 0.15) is 60.2 Å². The zero-order valence-corrected chi connectivity index (χ0v) is 45.7. The molecule has 2 aromatic carbocycles. The molecule has 2 heterocycles. The Labute approximate surface area is 466 Å². The van der Waals surface area contributed by atoms with Crippen LogP contribution in [-0.2, 0) is 56.0 Å². The van der Waals surface area contributed by atoms with Gasteiger partial charge in [-0.15, -0.1) is 0 Å². The Bertz CT molecular complexity index is 2650. The van der Waals surface area contributed by atoms with E-state index < -0.39 is 175 Å². The molecule has 2 aromatic rings. The van der Waals surface area contributed by atoms with E-state index in [1.165, 1.54) is 44.3 Å². The maximum atomic E-state index is 13.9. The van der Waals surface area contributed by atoms with E-state index in [2.05, 4.69) is 21.3 Å². The third-order valence-corrected chi connectivity index (χ3v) is 12.7. The summed E-state index contributed by atoms with van der Waals surface area (Å²) in [5.41, 5.74) is -4.13. The number of nitrogens with one attached hydrogen (secondary N) is 5. The Morgan fingerprint density at radius 2 is 1.30 bits per heavy atom. The first-order chi connectivity index (χ1) is 38.0. The normalized spacial score (nSPS) is 26.0. The molecule has 0 spiro atoms. The fraction of sp³-hybridized carbons (Fsp3) is 0.600. The van der Waals surface area contributed by atoms with Gasteiger partial charge in [-0.1, -0.05) is 0 Å². The maximum absolute atomic E-state index is 13.9. The molecule has 0 aromatic heterocycles.